The molecule has 2 aromatic carbocycles. The number of nitrogens with zero attached hydrogens (tertiary/aromatic N) is 3. The van der Waals surface area contributed by atoms with Crippen LogP contribution in [0, 0.1) is 0 Å². The van der Waals surface area contributed by atoms with Crippen molar-refractivity contribution in [2.45, 2.75) is 45.1 Å². The fourth-order valence-electron chi connectivity index (χ4n) is 4.87. The first-order valence-electron chi connectivity index (χ1n) is 11.8. The van der Waals surface area contributed by atoms with Crippen LogP contribution in [0.5, 0.6) is 0 Å². The third kappa shape index (κ3) is 4.58. The van der Waals surface area contributed by atoms with Crippen LogP contribution in [-0.4, -0.2) is 59.4 Å². The van der Waals surface area contributed by atoms with E-state index < -0.39 is 5.54 Å². The lowest BCUT2D eigenvalue weighted by Gasteiger charge is -2.43. The van der Waals surface area contributed by atoms with Crippen molar-refractivity contribution >= 4 is 29.1 Å². The van der Waals surface area contributed by atoms with E-state index in [0.29, 0.717) is 39.0 Å². The Morgan fingerprint density at radius 1 is 0.970 bits per heavy atom. The monoisotopic (exact) mass is 448 g/mol. The van der Waals surface area contributed by atoms with Gasteiger partial charge in [-0.1, -0.05) is 44.2 Å². The van der Waals surface area contributed by atoms with Crippen LogP contribution in [0.25, 0.3) is 0 Å². The van der Waals surface area contributed by atoms with Crippen molar-refractivity contribution in [1.29, 1.82) is 0 Å². The zero-order valence-corrected chi connectivity index (χ0v) is 19.4. The SMILES string of the molecule is CCC(=O)N1CCC2(CC1)C(=O)N(CC(=O)Nc1ccc(CC)cc1)CN2c1ccccc1. The number of hydrogen-bond donors (Lipinski definition) is 1. The van der Waals surface area contributed by atoms with Gasteiger partial charge in [-0.2, -0.15) is 0 Å². The number of carbonyl (C=O) groups excluding carboxylic acids is 3. The minimum Gasteiger partial charge on any atom is -0.343 e. The Balaban J connectivity index is 1.51. The molecule has 0 radical (unpaired) electrons. The third-order valence-electron chi connectivity index (χ3n) is 6.81. The molecule has 33 heavy (non-hydrogen) atoms. The van der Waals surface area contributed by atoms with Crippen molar-refractivity contribution in [1.82, 2.24) is 9.80 Å². The third-order valence-corrected chi connectivity index (χ3v) is 6.81. The van der Waals surface area contributed by atoms with Crippen molar-refractivity contribution in [3.63, 3.8) is 0 Å². The molecular formula is C26H32N4O3. The van der Waals surface area contributed by atoms with E-state index in [1.165, 1.54) is 5.56 Å². The average molecular weight is 449 g/mol. The Bertz CT molecular complexity index is 998. The van der Waals surface area contributed by atoms with E-state index in [-0.39, 0.29) is 24.3 Å². The molecule has 2 fully saturated rings. The van der Waals surface area contributed by atoms with Crippen LogP contribution in [0.4, 0.5) is 11.4 Å². The van der Waals surface area contributed by atoms with Crippen LogP contribution in [0.1, 0.15) is 38.7 Å². The molecule has 2 saturated heterocycles. The summed E-state index contributed by atoms with van der Waals surface area (Å²) >= 11 is 0. The summed E-state index contributed by atoms with van der Waals surface area (Å²) in [6.45, 7) is 5.39. The number of amides is 3. The maximum absolute atomic E-state index is 13.7. The molecule has 0 bridgehead atoms. The molecule has 0 atom stereocenters. The van der Waals surface area contributed by atoms with Crippen LogP contribution in [0.2, 0.25) is 0 Å². The van der Waals surface area contributed by atoms with Crippen molar-refractivity contribution < 1.29 is 14.4 Å². The van der Waals surface area contributed by atoms with E-state index in [1.807, 2.05) is 66.4 Å². The summed E-state index contributed by atoms with van der Waals surface area (Å²) in [5, 5.41) is 2.91. The topological polar surface area (TPSA) is 73.0 Å². The lowest BCUT2D eigenvalue weighted by atomic mass is 9.85. The zero-order valence-electron chi connectivity index (χ0n) is 19.4. The van der Waals surface area contributed by atoms with E-state index >= 15 is 0 Å². The molecule has 0 aliphatic carbocycles. The van der Waals surface area contributed by atoms with Crippen molar-refractivity contribution in [2.75, 3.05) is 36.5 Å². The summed E-state index contributed by atoms with van der Waals surface area (Å²) in [5.41, 5.74) is 2.16. The van der Waals surface area contributed by atoms with Gasteiger partial charge in [-0.3, -0.25) is 14.4 Å². The molecule has 1 spiro atoms. The van der Waals surface area contributed by atoms with E-state index in [1.54, 1.807) is 4.90 Å². The summed E-state index contributed by atoms with van der Waals surface area (Å²) in [6, 6.07) is 17.6. The molecule has 2 aliphatic rings. The number of likely N-dealkylation sites (tertiary alicyclic amines) is 1. The van der Waals surface area contributed by atoms with Gasteiger partial charge in [-0.25, -0.2) is 0 Å². The molecule has 7 nitrogen and oxygen atoms in total. The van der Waals surface area contributed by atoms with E-state index in [9.17, 15) is 14.4 Å². The predicted octanol–water partition coefficient (Wildman–Crippen LogP) is 3.27. The van der Waals surface area contributed by atoms with Crippen LogP contribution in [0.3, 0.4) is 0 Å². The van der Waals surface area contributed by atoms with Crippen LogP contribution >= 0.6 is 0 Å². The van der Waals surface area contributed by atoms with Crippen LogP contribution < -0.4 is 10.2 Å². The summed E-state index contributed by atoms with van der Waals surface area (Å²) in [7, 11) is 0. The number of para-hydroxylation sites is 1. The van der Waals surface area contributed by atoms with Gasteiger partial charge in [0.25, 0.3) is 5.91 Å². The number of aryl methyl sites for hydroxylation is 1. The molecule has 2 aromatic rings. The molecule has 7 heteroatoms. The molecule has 0 unspecified atom stereocenters. The molecule has 0 saturated carbocycles. The zero-order chi connectivity index (χ0) is 23.4. The van der Waals surface area contributed by atoms with Crippen molar-refractivity contribution in [3.05, 3.63) is 60.2 Å². The Kier molecular flexibility index (Phi) is 6.67. The largest absolute Gasteiger partial charge is 0.343 e. The first-order valence-corrected chi connectivity index (χ1v) is 11.8. The van der Waals surface area contributed by atoms with Gasteiger partial charge in [0, 0.05) is 30.9 Å². The van der Waals surface area contributed by atoms with Gasteiger partial charge < -0.3 is 20.0 Å². The highest BCUT2D eigenvalue weighted by Crippen LogP contribution is 2.39. The summed E-state index contributed by atoms with van der Waals surface area (Å²) in [4.78, 5) is 44.3. The second-order valence-electron chi connectivity index (χ2n) is 8.77. The number of piperidine rings is 1. The molecule has 0 aromatic heterocycles. The summed E-state index contributed by atoms with van der Waals surface area (Å²) < 4.78 is 0. The van der Waals surface area contributed by atoms with E-state index in [4.69, 9.17) is 0 Å². The molecular weight excluding hydrogens is 416 g/mol. The van der Waals surface area contributed by atoms with Gasteiger partial charge in [-0.15, -0.1) is 0 Å². The lowest BCUT2D eigenvalue weighted by Crippen LogP contribution is -2.57. The van der Waals surface area contributed by atoms with Crippen LogP contribution in [0.15, 0.2) is 54.6 Å². The number of benzene rings is 2. The van der Waals surface area contributed by atoms with Gasteiger partial charge in [0.2, 0.25) is 11.8 Å². The standard InChI is InChI=1S/C26H32N4O3/c1-3-20-10-12-21(13-11-20)27-23(31)18-29-19-30(22-8-6-5-7-9-22)26(25(29)33)14-16-28(17-15-26)24(32)4-2/h5-13H,3-4,14-19H2,1-2H3,(H,27,31). The Labute approximate surface area is 195 Å². The van der Waals surface area contributed by atoms with Crippen molar-refractivity contribution in [2.24, 2.45) is 0 Å². The summed E-state index contributed by atoms with van der Waals surface area (Å²) in [5.74, 6) is -0.130. The first-order chi connectivity index (χ1) is 16.0. The molecule has 2 aliphatic heterocycles. The molecule has 1 N–H and O–H groups in total. The second kappa shape index (κ2) is 9.65. The van der Waals surface area contributed by atoms with Gasteiger partial charge in [0.15, 0.2) is 0 Å². The van der Waals surface area contributed by atoms with E-state index in [0.717, 1.165) is 17.8 Å². The van der Waals surface area contributed by atoms with E-state index in [2.05, 4.69) is 17.1 Å². The van der Waals surface area contributed by atoms with Crippen LogP contribution in [-0.2, 0) is 20.8 Å². The van der Waals surface area contributed by atoms with Crippen molar-refractivity contribution in [3.8, 4) is 0 Å². The van der Waals surface area contributed by atoms with Gasteiger partial charge in [0.05, 0.1) is 6.67 Å². The highest BCUT2D eigenvalue weighted by Gasteiger charge is 2.54. The number of anilines is 2. The fraction of sp³-hybridized carbons (Fsp3) is 0.423. The van der Waals surface area contributed by atoms with Gasteiger partial charge in [0.1, 0.15) is 12.1 Å². The Morgan fingerprint density at radius 3 is 2.24 bits per heavy atom. The lowest BCUT2D eigenvalue weighted by molar-refractivity contribution is -0.139. The minimum absolute atomic E-state index is 0.00293. The van der Waals surface area contributed by atoms with Gasteiger partial charge >= 0.3 is 0 Å². The first kappa shape index (κ1) is 22.8. The molecule has 2 heterocycles. The normalized spacial score (nSPS) is 17.5. The molecule has 174 valence electrons. The molecule has 3 amide bonds. The maximum Gasteiger partial charge on any atom is 0.250 e. The molecule has 4 rings (SSSR count). The highest BCUT2D eigenvalue weighted by molar-refractivity contribution is 5.99. The second-order valence-corrected chi connectivity index (χ2v) is 8.77. The fourth-order valence-corrected chi connectivity index (χ4v) is 4.87. The average Bonchev–Trinajstić information content (AvgIpc) is 3.11. The number of carbonyl (C=O) groups is 3. The summed E-state index contributed by atoms with van der Waals surface area (Å²) in [6.07, 6.45) is 2.52. The maximum atomic E-state index is 13.7. The highest BCUT2D eigenvalue weighted by atomic mass is 16.2. The number of hydrogen-bond acceptors (Lipinski definition) is 4. The minimum atomic E-state index is -0.727. The van der Waals surface area contributed by atoms with Gasteiger partial charge in [-0.05, 0) is 49.1 Å². The predicted molar refractivity (Wildman–Crippen MR) is 129 cm³/mol. The Hall–Kier alpha value is -3.35. The smallest absolute Gasteiger partial charge is 0.250 e. The quantitative estimate of drug-likeness (QED) is 0.736. The number of nitrogens with one attached hydrogen (secondary N) is 1. The Morgan fingerprint density at radius 2 is 1.64 bits per heavy atom. The number of rotatable bonds is 6.